The van der Waals surface area contributed by atoms with Gasteiger partial charge < -0.3 is 19.9 Å². The van der Waals surface area contributed by atoms with Gasteiger partial charge in [0.2, 0.25) is 6.41 Å². The van der Waals surface area contributed by atoms with E-state index in [1.54, 1.807) is 18.2 Å². The Kier molecular flexibility index (Phi) is 4.98. The van der Waals surface area contributed by atoms with Crippen LogP contribution in [0, 0.1) is 0 Å². The van der Waals surface area contributed by atoms with Gasteiger partial charge in [0.25, 0.3) is 0 Å². The summed E-state index contributed by atoms with van der Waals surface area (Å²) in [6.45, 7) is 0. The van der Waals surface area contributed by atoms with Crippen molar-refractivity contribution in [2.75, 3.05) is 14.2 Å². The van der Waals surface area contributed by atoms with Crippen molar-refractivity contribution in [2.24, 2.45) is 0 Å². The molecular formula is C12H15NO5. The zero-order chi connectivity index (χ0) is 13.5. The first kappa shape index (κ1) is 13.8. The summed E-state index contributed by atoms with van der Waals surface area (Å²) >= 11 is 0. The predicted molar refractivity (Wildman–Crippen MR) is 63.9 cm³/mol. The number of ether oxygens (including phenoxy) is 2. The van der Waals surface area contributed by atoms with Crippen LogP contribution in [-0.2, 0) is 16.0 Å². The van der Waals surface area contributed by atoms with Crippen LogP contribution in [0.5, 0.6) is 11.5 Å². The fourth-order valence-electron chi connectivity index (χ4n) is 1.56. The Balaban J connectivity index is 2.98. The average Bonchev–Trinajstić information content (AvgIpc) is 2.37. The largest absolute Gasteiger partial charge is 0.497 e. The third-order valence-corrected chi connectivity index (χ3v) is 2.48. The Morgan fingerprint density at radius 2 is 2.17 bits per heavy atom. The molecule has 0 saturated carbocycles. The SMILES string of the molecule is COc1ccc(OC)c(CC(NC=O)C(=O)O)c1. The Morgan fingerprint density at radius 3 is 2.67 bits per heavy atom. The van der Waals surface area contributed by atoms with Crippen LogP contribution >= 0.6 is 0 Å². The third-order valence-electron chi connectivity index (χ3n) is 2.48. The molecule has 0 aromatic heterocycles. The van der Waals surface area contributed by atoms with E-state index in [1.807, 2.05) is 0 Å². The minimum atomic E-state index is -1.10. The number of nitrogens with one attached hydrogen (secondary N) is 1. The average molecular weight is 253 g/mol. The summed E-state index contributed by atoms with van der Waals surface area (Å²) in [4.78, 5) is 21.3. The summed E-state index contributed by atoms with van der Waals surface area (Å²) in [6, 6.07) is 4.09. The molecule has 0 saturated heterocycles. The molecule has 18 heavy (non-hydrogen) atoms. The molecule has 1 aromatic rings. The van der Waals surface area contributed by atoms with Gasteiger partial charge in [0.05, 0.1) is 14.2 Å². The lowest BCUT2D eigenvalue weighted by Crippen LogP contribution is -2.37. The molecule has 6 heteroatoms. The molecule has 0 radical (unpaired) electrons. The topological polar surface area (TPSA) is 84.9 Å². The van der Waals surface area contributed by atoms with Gasteiger partial charge in [-0.15, -0.1) is 0 Å². The number of carbonyl (C=O) groups is 2. The fraction of sp³-hybridized carbons (Fsp3) is 0.333. The smallest absolute Gasteiger partial charge is 0.326 e. The van der Waals surface area contributed by atoms with Gasteiger partial charge in [-0.2, -0.15) is 0 Å². The van der Waals surface area contributed by atoms with Crippen molar-refractivity contribution in [3.05, 3.63) is 23.8 Å². The molecule has 0 aliphatic carbocycles. The number of carbonyl (C=O) groups excluding carboxylic acids is 1. The van der Waals surface area contributed by atoms with Gasteiger partial charge in [-0.3, -0.25) is 4.79 Å². The number of hydrogen-bond acceptors (Lipinski definition) is 4. The van der Waals surface area contributed by atoms with Crippen LogP contribution in [0.1, 0.15) is 5.56 Å². The Hall–Kier alpha value is -2.24. The molecule has 0 aliphatic rings. The molecule has 0 bridgehead atoms. The highest BCUT2D eigenvalue weighted by Crippen LogP contribution is 2.25. The Morgan fingerprint density at radius 1 is 1.44 bits per heavy atom. The standard InChI is InChI=1S/C12H15NO5/c1-17-9-3-4-11(18-2)8(5-9)6-10(12(15)16)13-7-14/h3-5,7,10H,6H2,1-2H3,(H,13,14)(H,15,16). The molecule has 98 valence electrons. The second-order valence-electron chi connectivity index (χ2n) is 3.56. The zero-order valence-electron chi connectivity index (χ0n) is 10.2. The number of rotatable bonds is 7. The molecule has 0 aliphatic heterocycles. The van der Waals surface area contributed by atoms with Crippen molar-refractivity contribution in [2.45, 2.75) is 12.5 Å². The molecule has 0 heterocycles. The fourth-order valence-corrected chi connectivity index (χ4v) is 1.56. The van der Waals surface area contributed by atoms with Gasteiger partial charge in [-0.25, -0.2) is 4.79 Å². The number of carboxylic acids is 1. The van der Waals surface area contributed by atoms with Gasteiger partial charge in [0, 0.05) is 12.0 Å². The summed E-state index contributed by atoms with van der Waals surface area (Å²) < 4.78 is 10.2. The molecule has 1 atom stereocenters. The van der Waals surface area contributed by atoms with E-state index in [0.717, 1.165) is 0 Å². The van der Waals surface area contributed by atoms with Crippen LogP contribution in [0.2, 0.25) is 0 Å². The second-order valence-corrected chi connectivity index (χ2v) is 3.56. The van der Waals surface area contributed by atoms with Crippen LogP contribution in [0.3, 0.4) is 0 Å². The molecule has 0 spiro atoms. The van der Waals surface area contributed by atoms with Crippen LogP contribution in [0.25, 0.3) is 0 Å². The van der Waals surface area contributed by atoms with Crippen LogP contribution in [0.15, 0.2) is 18.2 Å². The highest BCUT2D eigenvalue weighted by atomic mass is 16.5. The molecule has 1 unspecified atom stereocenters. The molecule has 2 N–H and O–H groups in total. The lowest BCUT2D eigenvalue weighted by atomic mass is 10.0. The molecule has 0 fully saturated rings. The van der Waals surface area contributed by atoms with Crippen molar-refractivity contribution in [3.63, 3.8) is 0 Å². The number of amides is 1. The number of benzene rings is 1. The summed E-state index contributed by atoms with van der Waals surface area (Å²) in [5.74, 6) is 0.0442. The molecule has 1 amide bonds. The highest BCUT2D eigenvalue weighted by Gasteiger charge is 2.19. The summed E-state index contributed by atoms with van der Waals surface area (Å²) in [5.41, 5.74) is 0.651. The lowest BCUT2D eigenvalue weighted by molar-refractivity contribution is -0.140. The van der Waals surface area contributed by atoms with Crippen LogP contribution < -0.4 is 14.8 Å². The number of hydrogen-bond donors (Lipinski definition) is 2. The molecular weight excluding hydrogens is 238 g/mol. The van der Waals surface area contributed by atoms with Gasteiger partial charge in [-0.1, -0.05) is 0 Å². The van der Waals surface area contributed by atoms with Crippen molar-refractivity contribution < 1.29 is 24.2 Å². The van der Waals surface area contributed by atoms with E-state index >= 15 is 0 Å². The Labute approximate surface area is 105 Å². The van der Waals surface area contributed by atoms with Crippen molar-refractivity contribution in [1.29, 1.82) is 0 Å². The first-order chi connectivity index (χ1) is 8.62. The van der Waals surface area contributed by atoms with Crippen LogP contribution in [-0.4, -0.2) is 37.7 Å². The Bertz CT molecular complexity index is 432. The summed E-state index contributed by atoms with van der Waals surface area (Å²) in [6.07, 6.45) is 0.486. The van der Waals surface area contributed by atoms with Gasteiger partial charge >= 0.3 is 5.97 Å². The lowest BCUT2D eigenvalue weighted by Gasteiger charge is -2.14. The van der Waals surface area contributed by atoms with E-state index in [4.69, 9.17) is 14.6 Å². The van der Waals surface area contributed by atoms with Gasteiger partial charge in [0.1, 0.15) is 17.5 Å². The predicted octanol–water partition coefficient (Wildman–Crippen LogP) is 0.445. The third kappa shape index (κ3) is 3.38. The first-order valence-corrected chi connectivity index (χ1v) is 5.25. The van der Waals surface area contributed by atoms with E-state index in [9.17, 15) is 9.59 Å². The van der Waals surface area contributed by atoms with Crippen molar-refractivity contribution >= 4 is 12.4 Å². The number of carboxylic acid groups (broad SMARTS) is 1. The summed E-state index contributed by atoms with van der Waals surface area (Å²) in [7, 11) is 3.01. The van der Waals surface area contributed by atoms with Crippen LogP contribution in [0.4, 0.5) is 0 Å². The molecule has 6 nitrogen and oxygen atoms in total. The molecule has 1 rings (SSSR count). The minimum absolute atomic E-state index is 0.119. The van der Waals surface area contributed by atoms with Crippen molar-refractivity contribution in [1.82, 2.24) is 5.32 Å². The summed E-state index contributed by atoms with van der Waals surface area (Å²) in [5, 5.41) is 11.2. The van der Waals surface area contributed by atoms with E-state index in [-0.39, 0.29) is 6.42 Å². The van der Waals surface area contributed by atoms with Gasteiger partial charge in [0.15, 0.2) is 0 Å². The maximum absolute atomic E-state index is 11.0. The number of methoxy groups -OCH3 is 2. The van der Waals surface area contributed by atoms with E-state index in [0.29, 0.717) is 23.5 Å². The van der Waals surface area contributed by atoms with E-state index in [2.05, 4.69) is 5.32 Å². The number of aliphatic carboxylic acids is 1. The van der Waals surface area contributed by atoms with E-state index in [1.165, 1.54) is 14.2 Å². The quantitative estimate of drug-likeness (QED) is 0.689. The monoisotopic (exact) mass is 253 g/mol. The molecule has 1 aromatic carbocycles. The van der Waals surface area contributed by atoms with Gasteiger partial charge in [-0.05, 0) is 18.2 Å². The highest BCUT2D eigenvalue weighted by molar-refractivity contribution is 5.76. The second kappa shape index (κ2) is 6.48. The zero-order valence-corrected chi connectivity index (χ0v) is 10.2. The van der Waals surface area contributed by atoms with E-state index < -0.39 is 12.0 Å². The van der Waals surface area contributed by atoms with Crippen molar-refractivity contribution in [3.8, 4) is 11.5 Å². The first-order valence-electron chi connectivity index (χ1n) is 5.25. The maximum Gasteiger partial charge on any atom is 0.326 e. The maximum atomic E-state index is 11.0. The normalized spacial score (nSPS) is 11.4. The minimum Gasteiger partial charge on any atom is -0.497 e.